The molecule has 9 atom stereocenters. The van der Waals surface area contributed by atoms with Crippen molar-refractivity contribution in [3.63, 3.8) is 0 Å². The highest BCUT2D eigenvalue weighted by atomic mass is 32.2. The molecule has 0 aromatic carbocycles. The molecule has 0 fully saturated rings. The molecule has 0 bridgehead atoms. The fraction of sp³-hybridized carbons (Fsp3) is 0.711. The normalized spacial score (nSPS) is 15.4. The van der Waals surface area contributed by atoms with Crippen LogP contribution >= 0.6 is 11.8 Å². The molecule has 0 heterocycles. The molecule has 0 aliphatic heterocycles. The third-order valence-corrected chi connectivity index (χ3v) is 9.60. The van der Waals surface area contributed by atoms with Crippen LogP contribution in [-0.4, -0.2) is 157 Å². The number of rotatable bonds is 31. The number of hydrogen-bond donors (Lipinski definition) is 13. The summed E-state index contributed by atoms with van der Waals surface area (Å²) in [6.45, 7) is 9.30. The van der Waals surface area contributed by atoms with E-state index >= 15 is 0 Å². The first kappa shape index (κ1) is 57.4. The van der Waals surface area contributed by atoms with Gasteiger partial charge in [-0.05, 0) is 69.8 Å². The summed E-state index contributed by atoms with van der Waals surface area (Å²) < 4.78 is 0. The quantitative estimate of drug-likeness (QED) is 0.0335. The fourth-order valence-electron chi connectivity index (χ4n) is 5.67. The van der Waals surface area contributed by atoms with E-state index in [1.165, 1.54) is 18.7 Å². The summed E-state index contributed by atoms with van der Waals surface area (Å²) in [5.41, 5.74) is 5.54. The lowest BCUT2D eigenvalue weighted by atomic mass is 9.99. The van der Waals surface area contributed by atoms with Crippen LogP contribution in [0.15, 0.2) is 0 Å². The topological polar surface area (TPSA) is 399 Å². The number of nitrogens with one attached hydrogen (secondary N) is 7. The van der Waals surface area contributed by atoms with Crippen molar-refractivity contribution in [1.29, 1.82) is 0 Å². The van der Waals surface area contributed by atoms with Gasteiger partial charge >= 0.3 is 23.9 Å². The Bertz CT molecular complexity index is 1630. The Morgan fingerprint density at radius 1 is 0.476 bits per heavy atom. The predicted molar refractivity (Wildman–Crippen MR) is 224 cm³/mol. The van der Waals surface area contributed by atoms with Crippen molar-refractivity contribution in [3.05, 3.63) is 0 Å². The third kappa shape index (κ3) is 23.5. The monoisotopic (exact) mass is 920 g/mol. The van der Waals surface area contributed by atoms with Gasteiger partial charge in [0.15, 0.2) is 0 Å². The molecule has 358 valence electrons. The molecule has 0 rings (SSSR count). The van der Waals surface area contributed by atoms with Gasteiger partial charge in [0.05, 0.1) is 18.6 Å². The van der Waals surface area contributed by atoms with Crippen molar-refractivity contribution in [1.82, 2.24) is 37.2 Å². The fourth-order valence-corrected chi connectivity index (χ4v) is 6.14. The minimum atomic E-state index is -1.81. The number of aliphatic hydroxyl groups excluding tert-OH is 1. The summed E-state index contributed by atoms with van der Waals surface area (Å²) in [5.74, 6) is -13.1. The van der Waals surface area contributed by atoms with Crippen molar-refractivity contribution in [2.24, 2.45) is 17.6 Å². The van der Waals surface area contributed by atoms with Crippen LogP contribution in [0.2, 0.25) is 0 Å². The number of aliphatic carboxylic acids is 4. The zero-order valence-corrected chi connectivity index (χ0v) is 37.2. The van der Waals surface area contributed by atoms with E-state index in [1.807, 2.05) is 0 Å². The van der Waals surface area contributed by atoms with E-state index < -0.39 is 152 Å². The summed E-state index contributed by atoms with van der Waals surface area (Å²) in [6.07, 6.45) is -3.33. The number of thioether (sulfide) groups is 1. The summed E-state index contributed by atoms with van der Waals surface area (Å²) in [7, 11) is 0. The molecule has 14 N–H and O–H groups in total. The number of carbonyl (C=O) groups excluding carboxylic acids is 7. The molecule has 0 aromatic heterocycles. The van der Waals surface area contributed by atoms with Gasteiger partial charge in [-0.1, -0.05) is 27.7 Å². The Morgan fingerprint density at radius 2 is 0.825 bits per heavy atom. The largest absolute Gasteiger partial charge is 0.481 e. The van der Waals surface area contributed by atoms with Crippen molar-refractivity contribution >= 4 is 77.0 Å². The molecular weight excluding hydrogens is 857 g/mol. The van der Waals surface area contributed by atoms with Gasteiger partial charge in [-0.25, -0.2) is 4.79 Å². The highest BCUT2D eigenvalue weighted by Crippen LogP contribution is 2.12. The molecule has 0 saturated carbocycles. The van der Waals surface area contributed by atoms with E-state index in [0.29, 0.717) is 5.75 Å². The standard InChI is InChI=1S/C38H64N8O16S/c1-17(2)14-24(35(58)41-23(12-13-63-7)34(57)45-26(38(61)62)16-29(52)53)44-36(59)25(15-18(3)4)43-33(56)21(8-10-27(48)49)40-32(55)22(9-11-28(50)51)42-37(60)30(20(6)47)46-31(54)19(5)39/h17-26,30,47H,8-16,39H2,1-7H3,(H,40,55)(H,41,58)(H,42,60)(H,43,56)(H,44,59)(H,45,57)(H,46,54)(H,48,49)(H,50,51)(H,52,53)(H,61,62)/t19-,20+,21-,22-,23-,24-,25-,26-,30-/m0/s1. The Morgan fingerprint density at radius 3 is 1.14 bits per heavy atom. The van der Waals surface area contributed by atoms with Crippen molar-refractivity contribution < 1.29 is 78.3 Å². The van der Waals surface area contributed by atoms with Gasteiger partial charge in [0.25, 0.3) is 0 Å². The predicted octanol–water partition coefficient (Wildman–Crippen LogP) is -2.76. The van der Waals surface area contributed by atoms with Crippen LogP contribution < -0.4 is 43.0 Å². The third-order valence-electron chi connectivity index (χ3n) is 8.95. The van der Waals surface area contributed by atoms with Gasteiger partial charge in [0.2, 0.25) is 41.4 Å². The van der Waals surface area contributed by atoms with Crippen molar-refractivity contribution in [2.45, 2.75) is 147 Å². The highest BCUT2D eigenvalue weighted by molar-refractivity contribution is 7.98. The average Bonchev–Trinajstić information content (AvgIpc) is 3.16. The van der Waals surface area contributed by atoms with E-state index in [9.17, 15) is 73.2 Å². The van der Waals surface area contributed by atoms with Crippen LogP contribution in [0.4, 0.5) is 0 Å². The van der Waals surface area contributed by atoms with Gasteiger partial charge in [-0.3, -0.25) is 47.9 Å². The molecule has 7 amide bonds. The van der Waals surface area contributed by atoms with Crippen LogP contribution in [0.3, 0.4) is 0 Å². The van der Waals surface area contributed by atoms with E-state index in [4.69, 9.17) is 10.8 Å². The first-order valence-electron chi connectivity index (χ1n) is 20.1. The number of carbonyl (C=O) groups is 11. The molecule has 0 spiro atoms. The number of amides is 7. The van der Waals surface area contributed by atoms with E-state index in [1.54, 1.807) is 34.0 Å². The Balaban J connectivity index is 6.60. The second-order valence-electron chi connectivity index (χ2n) is 15.7. The summed E-state index contributed by atoms with van der Waals surface area (Å²) in [4.78, 5) is 139. The molecule has 0 aliphatic rings. The Kier molecular flexibility index (Phi) is 26.4. The maximum absolute atomic E-state index is 13.9. The molecule has 0 aromatic rings. The van der Waals surface area contributed by atoms with Gasteiger partial charge in [-0.2, -0.15) is 11.8 Å². The Hall–Kier alpha value is -5.56. The minimum absolute atomic E-state index is 0.000853. The van der Waals surface area contributed by atoms with E-state index in [0.717, 1.165) is 6.92 Å². The number of nitrogens with two attached hydrogens (primary N) is 1. The van der Waals surface area contributed by atoms with Crippen LogP contribution in [-0.2, 0) is 52.7 Å². The minimum Gasteiger partial charge on any atom is -0.481 e. The molecule has 0 saturated heterocycles. The maximum Gasteiger partial charge on any atom is 0.326 e. The smallest absolute Gasteiger partial charge is 0.326 e. The summed E-state index contributed by atoms with van der Waals surface area (Å²) in [5, 5.41) is 63.8. The molecule has 24 nitrogen and oxygen atoms in total. The van der Waals surface area contributed by atoms with E-state index in [-0.39, 0.29) is 31.1 Å². The van der Waals surface area contributed by atoms with Gasteiger partial charge in [0.1, 0.15) is 42.3 Å². The SMILES string of the molecule is CSCC[C@H](NC(=O)[C@H](CC(C)C)NC(=O)[C@H](CC(C)C)NC(=O)[C@H](CCC(=O)O)NC(=O)[C@H](CCC(=O)O)NC(=O)[C@@H](NC(=O)[C@H](C)N)[C@@H](C)O)C(=O)N[C@@H](CC(=O)O)C(=O)O. The lowest BCUT2D eigenvalue weighted by molar-refractivity contribution is -0.147. The molecule has 25 heteroatoms. The molecule has 0 radical (unpaired) electrons. The molecule has 0 aliphatic carbocycles. The van der Waals surface area contributed by atoms with Crippen molar-refractivity contribution in [3.8, 4) is 0 Å². The lowest BCUT2D eigenvalue weighted by Gasteiger charge is -2.29. The summed E-state index contributed by atoms with van der Waals surface area (Å²) >= 11 is 1.30. The molecule has 0 unspecified atom stereocenters. The average molecular weight is 921 g/mol. The second kappa shape index (κ2) is 28.9. The van der Waals surface area contributed by atoms with Crippen LogP contribution in [0, 0.1) is 11.8 Å². The number of aliphatic hydroxyl groups is 1. The van der Waals surface area contributed by atoms with Gasteiger partial charge in [0, 0.05) is 12.8 Å². The Labute approximate surface area is 368 Å². The molecular formula is C38H64N8O16S. The number of hydrogen-bond acceptors (Lipinski definition) is 14. The van der Waals surface area contributed by atoms with Crippen molar-refractivity contribution in [2.75, 3.05) is 12.0 Å². The van der Waals surface area contributed by atoms with Crippen LogP contribution in [0.1, 0.15) is 92.9 Å². The lowest BCUT2D eigenvalue weighted by Crippen LogP contribution is -2.61. The van der Waals surface area contributed by atoms with Crippen LogP contribution in [0.25, 0.3) is 0 Å². The van der Waals surface area contributed by atoms with Gasteiger partial charge < -0.3 is 68.5 Å². The second-order valence-corrected chi connectivity index (χ2v) is 16.7. The zero-order chi connectivity index (χ0) is 48.7. The first-order valence-corrected chi connectivity index (χ1v) is 21.5. The van der Waals surface area contributed by atoms with Crippen LogP contribution in [0.5, 0.6) is 0 Å². The van der Waals surface area contributed by atoms with Gasteiger partial charge in [-0.15, -0.1) is 0 Å². The summed E-state index contributed by atoms with van der Waals surface area (Å²) in [6, 6.07) is -12.1. The highest BCUT2D eigenvalue weighted by Gasteiger charge is 2.36. The first-order chi connectivity index (χ1) is 29.2. The number of carboxylic acid groups (broad SMARTS) is 4. The molecule has 63 heavy (non-hydrogen) atoms. The number of carboxylic acids is 4. The maximum atomic E-state index is 13.9. The zero-order valence-electron chi connectivity index (χ0n) is 36.4. The van der Waals surface area contributed by atoms with E-state index in [2.05, 4.69) is 37.2 Å².